The van der Waals surface area contributed by atoms with Crippen molar-refractivity contribution in [3.63, 3.8) is 0 Å². The lowest BCUT2D eigenvalue weighted by Gasteiger charge is -2.22. The first-order valence-corrected chi connectivity index (χ1v) is 10.2. The minimum Gasteiger partial charge on any atom is -0.326 e. The molecule has 0 radical (unpaired) electrons. The molecular weight excluding hydrogens is 362 g/mol. The van der Waals surface area contributed by atoms with Crippen LogP contribution < -0.4 is 10.6 Å². The standard InChI is InChI=1S/C20H27N3O3S/c1-14(17-9-11-20(12-10-17)27(25,26)23(4)5)21-15(2)18-7-6-8-19(13-18)22-16(3)24/h6-15,21H,1-5H3,(H,22,24). The average Bonchev–Trinajstić information content (AvgIpc) is 2.61. The molecule has 2 aromatic carbocycles. The van der Waals surface area contributed by atoms with Crippen molar-refractivity contribution in [1.82, 2.24) is 9.62 Å². The van der Waals surface area contributed by atoms with Crippen molar-refractivity contribution in [2.45, 2.75) is 37.8 Å². The third-order valence-electron chi connectivity index (χ3n) is 4.37. The molecule has 0 saturated carbocycles. The molecule has 0 heterocycles. The van der Waals surface area contributed by atoms with Gasteiger partial charge in [-0.2, -0.15) is 0 Å². The van der Waals surface area contributed by atoms with Crippen LogP contribution in [0.4, 0.5) is 5.69 Å². The summed E-state index contributed by atoms with van der Waals surface area (Å²) in [6, 6.07) is 14.7. The van der Waals surface area contributed by atoms with Gasteiger partial charge in [-0.1, -0.05) is 24.3 Å². The zero-order valence-corrected chi connectivity index (χ0v) is 17.2. The van der Waals surface area contributed by atoms with E-state index in [0.29, 0.717) is 0 Å². The fraction of sp³-hybridized carbons (Fsp3) is 0.350. The second kappa shape index (κ2) is 8.65. The summed E-state index contributed by atoms with van der Waals surface area (Å²) < 4.78 is 25.5. The molecule has 1 amide bonds. The fourth-order valence-corrected chi connectivity index (χ4v) is 3.70. The van der Waals surface area contributed by atoms with E-state index in [0.717, 1.165) is 16.8 Å². The Morgan fingerprint density at radius 2 is 1.56 bits per heavy atom. The van der Waals surface area contributed by atoms with Gasteiger partial charge in [0, 0.05) is 38.8 Å². The van der Waals surface area contributed by atoms with Gasteiger partial charge in [0.05, 0.1) is 4.90 Å². The lowest BCUT2D eigenvalue weighted by molar-refractivity contribution is -0.114. The summed E-state index contributed by atoms with van der Waals surface area (Å²) in [5.41, 5.74) is 2.82. The molecule has 0 fully saturated rings. The monoisotopic (exact) mass is 389 g/mol. The molecule has 0 saturated heterocycles. The second-order valence-corrected chi connectivity index (χ2v) is 8.92. The minimum atomic E-state index is -3.42. The number of hydrogen-bond acceptors (Lipinski definition) is 4. The van der Waals surface area contributed by atoms with E-state index in [4.69, 9.17) is 0 Å². The molecule has 0 aliphatic carbocycles. The van der Waals surface area contributed by atoms with Crippen LogP contribution >= 0.6 is 0 Å². The minimum absolute atomic E-state index is 0.0283. The number of amides is 1. The number of hydrogen-bond donors (Lipinski definition) is 2. The van der Waals surface area contributed by atoms with E-state index in [9.17, 15) is 13.2 Å². The number of benzene rings is 2. The van der Waals surface area contributed by atoms with Gasteiger partial charge in [-0.15, -0.1) is 0 Å². The molecule has 0 aliphatic rings. The van der Waals surface area contributed by atoms with Crippen molar-refractivity contribution in [3.05, 3.63) is 59.7 Å². The van der Waals surface area contributed by atoms with Crippen molar-refractivity contribution < 1.29 is 13.2 Å². The van der Waals surface area contributed by atoms with E-state index < -0.39 is 10.0 Å². The lowest BCUT2D eigenvalue weighted by atomic mass is 10.0. The number of carbonyl (C=O) groups is 1. The largest absolute Gasteiger partial charge is 0.326 e. The van der Waals surface area contributed by atoms with Gasteiger partial charge in [0.25, 0.3) is 0 Å². The molecule has 2 atom stereocenters. The molecule has 2 unspecified atom stereocenters. The van der Waals surface area contributed by atoms with Crippen LogP contribution in [0.2, 0.25) is 0 Å². The first-order valence-electron chi connectivity index (χ1n) is 8.77. The molecule has 0 bridgehead atoms. The number of carbonyl (C=O) groups excluding carboxylic acids is 1. The Morgan fingerprint density at radius 1 is 0.963 bits per heavy atom. The molecule has 0 aromatic heterocycles. The third kappa shape index (κ3) is 5.38. The van der Waals surface area contributed by atoms with Crippen molar-refractivity contribution in [1.29, 1.82) is 0 Å². The summed E-state index contributed by atoms with van der Waals surface area (Å²) in [6.45, 7) is 5.56. The number of anilines is 1. The Labute approximate surface area is 161 Å². The normalized spacial score (nSPS) is 14.0. The van der Waals surface area contributed by atoms with Gasteiger partial charge >= 0.3 is 0 Å². The molecule has 2 rings (SSSR count). The van der Waals surface area contributed by atoms with Gasteiger partial charge in [0.2, 0.25) is 15.9 Å². The van der Waals surface area contributed by atoms with Gasteiger partial charge in [-0.25, -0.2) is 12.7 Å². The Bertz CT molecular complexity index is 893. The van der Waals surface area contributed by atoms with E-state index in [2.05, 4.69) is 10.6 Å². The topological polar surface area (TPSA) is 78.5 Å². The summed E-state index contributed by atoms with van der Waals surface area (Å²) in [7, 11) is -0.386. The van der Waals surface area contributed by atoms with Crippen molar-refractivity contribution in [2.75, 3.05) is 19.4 Å². The highest BCUT2D eigenvalue weighted by molar-refractivity contribution is 7.89. The SMILES string of the molecule is CC(=O)Nc1cccc(C(C)NC(C)c2ccc(S(=O)(=O)N(C)C)cc2)c1. The van der Waals surface area contributed by atoms with E-state index >= 15 is 0 Å². The smallest absolute Gasteiger partial charge is 0.242 e. The van der Waals surface area contributed by atoms with Crippen LogP contribution in [0.15, 0.2) is 53.4 Å². The zero-order valence-electron chi connectivity index (χ0n) is 16.4. The van der Waals surface area contributed by atoms with Crippen LogP contribution in [0.25, 0.3) is 0 Å². The molecule has 146 valence electrons. The Balaban J connectivity index is 2.10. The summed E-state index contributed by atoms with van der Waals surface area (Å²) in [4.78, 5) is 11.5. The number of sulfonamides is 1. The third-order valence-corrected chi connectivity index (χ3v) is 6.19. The predicted octanol–water partition coefficient (Wildman–Crippen LogP) is 3.31. The van der Waals surface area contributed by atoms with E-state index in [-0.39, 0.29) is 22.9 Å². The lowest BCUT2D eigenvalue weighted by Crippen LogP contribution is -2.23. The first kappa shape index (κ1) is 21.1. The van der Waals surface area contributed by atoms with Crippen LogP contribution in [0.5, 0.6) is 0 Å². The summed E-state index contributed by atoms with van der Waals surface area (Å²) in [6.07, 6.45) is 0. The Hall–Kier alpha value is -2.22. The van der Waals surface area contributed by atoms with E-state index in [1.54, 1.807) is 12.1 Å². The van der Waals surface area contributed by atoms with E-state index in [1.165, 1.54) is 25.3 Å². The Kier molecular flexibility index (Phi) is 6.75. The molecular formula is C20H27N3O3S. The maximum atomic E-state index is 12.2. The molecule has 0 spiro atoms. The van der Waals surface area contributed by atoms with Crippen LogP contribution in [0, 0.1) is 0 Å². The highest BCUT2D eigenvalue weighted by Gasteiger charge is 2.18. The zero-order chi connectivity index (χ0) is 20.2. The quantitative estimate of drug-likeness (QED) is 0.762. The second-order valence-electron chi connectivity index (χ2n) is 6.77. The first-order chi connectivity index (χ1) is 12.6. The molecule has 2 N–H and O–H groups in total. The molecule has 2 aromatic rings. The van der Waals surface area contributed by atoms with Crippen molar-refractivity contribution >= 4 is 21.6 Å². The molecule has 7 heteroatoms. The predicted molar refractivity (Wildman–Crippen MR) is 108 cm³/mol. The van der Waals surface area contributed by atoms with Crippen LogP contribution in [0.3, 0.4) is 0 Å². The number of rotatable bonds is 7. The average molecular weight is 390 g/mol. The number of nitrogens with one attached hydrogen (secondary N) is 2. The maximum absolute atomic E-state index is 12.2. The van der Waals surface area contributed by atoms with Crippen LogP contribution in [-0.2, 0) is 14.8 Å². The molecule has 0 aliphatic heterocycles. The summed E-state index contributed by atoms with van der Waals surface area (Å²) in [5.74, 6) is -0.103. The van der Waals surface area contributed by atoms with Gasteiger partial charge < -0.3 is 10.6 Å². The van der Waals surface area contributed by atoms with Crippen LogP contribution in [-0.4, -0.2) is 32.7 Å². The van der Waals surface area contributed by atoms with Crippen LogP contribution in [0.1, 0.15) is 44.0 Å². The summed E-state index contributed by atoms with van der Waals surface area (Å²) >= 11 is 0. The highest BCUT2D eigenvalue weighted by atomic mass is 32.2. The van der Waals surface area contributed by atoms with Gasteiger partial charge in [-0.3, -0.25) is 4.79 Å². The maximum Gasteiger partial charge on any atom is 0.242 e. The van der Waals surface area contributed by atoms with Gasteiger partial charge in [0.1, 0.15) is 0 Å². The molecule has 27 heavy (non-hydrogen) atoms. The van der Waals surface area contributed by atoms with Crippen molar-refractivity contribution in [3.8, 4) is 0 Å². The van der Waals surface area contributed by atoms with Gasteiger partial charge in [-0.05, 0) is 49.2 Å². The van der Waals surface area contributed by atoms with Crippen molar-refractivity contribution in [2.24, 2.45) is 0 Å². The summed E-state index contributed by atoms with van der Waals surface area (Å²) in [5, 5.41) is 6.29. The van der Waals surface area contributed by atoms with E-state index in [1.807, 2.05) is 50.2 Å². The number of nitrogens with zero attached hydrogens (tertiary/aromatic N) is 1. The Morgan fingerprint density at radius 3 is 2.11 bits per heavy atom. The van der Waals surface area contributed by atoms with Gasteiger partial charge in [0.15, 0.2) is 0 Å². The highest BCUT2D eigenvalue weighted by Crippen LogP contribution is 2.23. The fourth-order valence-electron chi connectivity index (χ4n) is 2.80. The molecule has 6 nitrogen and oxygen atoms in total.